The minimum Gasteiger partial charge on any atom is 0 e. The molecule has 0 nitrogen and oxygen atoms in total. The standard InChI is InChI=1S/2B.2Ti. The molecule has 0 fully saturated rings. The van der Waals surface area contributed by atoms with Gasteiger partial charge in [-0.2, -0.15) is 0 Å². The average Bonchev–Trinajstić information content (AvgIpc) is 0.918. The van der Waals surface area contributed by atoms with Gasteiger partial charge in [-0.1, -0.05) is 0 Å². The van der Waals surface area contributed by atoms with Crippen LogP contribution in [0.5, 0.6) is 0 Å². The first-order valence-corrected chi connectivity index (χ1v) is 2.38. The molecule has 14 valence electrons. The molecule has 0 N–H and O–H groups in total. The summed E-state index contributed by atoms with van der Waals surface area (Å²) >= 11 is -0.500. The molecule has 0 heterocycles. The van der Waals surface area contributed by atoms with Crippen LogP contribution in [0.2, 0.25) is 0 Å². The predicted octanol–water partition coefficient (Wildman–Crippen LogP) is -0.767. The molecule has 0 aliphatic carbocycles. The minimum atomic E-state index is -0.500. The zero-order valence-corrected chi connectivity index (χ0v) is 5.28. The van der Waals surface area contributed by atoms with E-state index in [0.717, 1.165) is 0 Å². The molecule has 0 aromatic heterocycles. The summed E-state index contributed by atoms with van der Waals surface area (Å²) in [5, 5.41) is 9.50. The quantitative estimate of drug-likeness (QED) is 0.366. The van der Waals surface area contributed by atoms with E-state index in [4.69, 9.17) is 10.8 Å². The van der Waals surface area contributed by atoms with Crippen LogP contribution in [0.4, 0.5) is 0 Å². The third-order valence-corrected chi connectivity index (χ3v) is 0. The molecule has 4 heavy (non-hydrogen) atoms. The molecule has 0 amide bonds. The Labute approximate surface area is 49.6 Å². The summed E-state index contributed by atoms with van der Waals surface area (Å²) in [5.41, 5.74) is 0. The molecule has 0 saturated heterocycles. The van der Waals surface area contributed by atoms with Crippen LogP contribution in [0.15, 0.2) is 0 Å². The number of rotatable bonds is 0. The van der Waals surface area contributed by atoms with E-state index >= 15 is 0 Å². The van der Waals surface area contributed by atoms with Gasteiger partial charge in [-0.05, 0) is 0 Å². The van der Waals surface area contributed by atoms with Crippen molar-refractivity contribution in [3.63, 3.8) is 0 Å². The molecular weight excluding hydrogens is 117 g/mol. The maximum absolute atomic E-state index is 4.75. The molecule has 0 bridgehead atoms. The first kappa shape index (κ1) is 9.12. The van der Waals surface area contributed by atoms with Crippen LogP contribution in [-0.2, 0) is 39.1 Å². The van der Waals surface area contributed by atoms with Crippen LogP contribution in [0, 0.1) is 0 Å². The second-order valence-electron chi connectivity index (χ2n) is 0.167. The second-order valence-corrected chi connectivity index (χ2v) is 0.687. The fourth-order valence-electron chi connectivity index (χ4n) is 0. The van der Waals surface area contributed by atoms with Crippen molar-refractivity contribution in [1.29, 1.82) is 0 Å². The minimum absolute atomic E-state index is 0. The van der Waals surface area contributed by atoms with Crippen molar-refractivity contribution in [2.45, 2.75) is 0 Å². The number of hydrogen-bond donors (Lipinski definition) is 0. The summed E-state index contributed by atoms with van der Waals surface area (Å²) in [5.74, 6) is 0. The van der Waals surface area contributed by atoms with Crippen LogP contribution >= 0.6 is 0 Å². The maximum atomic E-state index is 4.75. The Bertz CT molecular complexity index is 77.2. The normalized spacial score (nSPS) is 6.00. The third-order valence-electron chi connectivity index (χ3n) is 0. The van der Waals surface area contributed by atoms with E-state index < -0.39 is 17.4 Å². The predicted molar refractivity (Wildman–Crippen MR) is 11.5 cm³/mol. The van der Waals surface area contributed by atoms with Gasteiger partial charge in [0.1, 0.15) is 0 Å². The van der Waals surface area contributed by atoms with E-state index in [2.05, 4.69) is 0 Å². The molecular formula is B2Ti2. The van der Waals surface area contributed by atoms with Gasteiger partial charge in [0, 0.05) is 21.7 Å². The van der Waals surface area contributed by atoms with Crippen molar-refractivity contribution in [1.82, 2.24) is 0 Å². The first-order valence-electron chi connectivity index (χ1n) is 0.577. The molecule has 0 unspecified atom stereocenters. The third kappa shape index (κ3) is 9.59. The Hall–Kier alpha value is 1.56. The molecule has 0 atom stereocenters. The Kier molecular flexibility index (Phi) is 20.1. The topological polar surface area (TPSA) is 0 Å². The molecule has 0 radical (unpaired) electrons. The van der Waals surface area contributed by atoms with E-state index in [1.54, 1.807) is 0 Å². The molecule has 0 aliphatic rings. The van der Waals surface area contributed by atoms with Gasteiger partial charge >= 0.3 is 28.1 Å². The van der Waals surface area contributed by atoms with E-state index in [1.165, 1.54) is 0 Å². The van der Waals surface area contributed by atoms with Crippen molar-refractivity contribution in [2.24, 2.45) is 0 Å². The van der Waals surface area contributed by atoms with E-state index in [9.17, 15) is 0 Å². The fourth-order valence-corrected chi connectivity index (χ4v) is 0. The van der Waals surface area contributed by atoms with Gasteiger partial charge in [0.05, 0.1) is 0 Å². The molecule has 0 aromatic carbocycles. The molecule has 0 aromatic rings. The van der Waals surface area contributed by atoms with Crippen LogP contribution in [0.3, 0.4) is 0 Å². The Morgan fingerprint density at radius 3 is 1.25 bits per heavy atom. The summed E-state index contributed by atoms with van der Waals surface area (Å²) in [6.07, 6.45) is 0. The van der Waals surface area contributed by atoms with E-state index in [1.807, 2.05) is 0 Å². The van der Waals surface area contributed by atoms with Crippen molar-refractivity contribution >= 4 is 10.8 Å². The van der Waals surface area contributed by atoms with Gasteiger partial charge in [0.2, 0.25) is 0 Å². The van der Waals surface area contributed by atoms with E-state index in [-0.39, 0.29) is 21.7 Å². The van der Waals surface area contributed by atoms with Crippen molar-refractivity contribution < 1.29 is 39.1 Å². The molecule has 0 spiro atoms. The zero-order valence-electron chi connectivity index (χ0n) is 2.15. The summed E-state index contributed by atoms with van der Waals surface area (Å²) in [7, 11) is 0. The largest absolute Gasteiger partial charge is 0 e. The van der Waals surface area contributed by atoms with Gasteiger partial charge in [-0.15, -0.1) is 0 Å². The van der Waals surface area contributed by atoms with Crippen molar-refractivity contribution in [2.75, 3.05) is 0 Å². The van der Waals surface area contributed by atoms with Crippen LogP contribution in [0.25, 0.3) is 0 Å². The van der Waals surface area contributed by atoms with Gasteiger partial charge in [0.25, 0.3) is 0 Å². The average molecular weight is 117 g/mol. The van der Waals surface area contributed by atoms with Gasteiger partial charge in [-0.3, -0.25) is 0 Å². The summed E-state index contributed by atoms with van der Waals surface area (Å²) in [6.45, 7) is 0. The molecule has 0 saturated carbocycles. The Morgan fingerprint density at radius 1 is 1.25 bits per heavy atom. The fraction of sp³-hybridized carbons (Fsp3) is 0. The Morgan fingerprint density at radius 2 is 1.25 bits per heavy atom. The van der Waals surface area contributed by atoms with Crippen molar-refractivity contribution in [3.8, 4) is 0 Å². The van der Waals surface area contributed by atoms with Crippen LogP contribution in [0.1, 0.15) is 0 Å². The second kappa shape index (κ2) is 8.82. The maximum Gasteiger partial charge on any atom is 0 e. The number of hydrogen-bond acceptors (Lipinski definition) is 0. The SMILES string of the molecule is [B]#[Ti]#[B].[Ti]. The van der Waals surface area contributed by atoms with Crippen LogP contribution < -0.4 is 0 Å². The Balaban J connectivity index is 0. The molecule has 0 rings (SSSR count). The smallest absolute Gasteiger partial charge is 0 e. The summed E-state index contributed by atoms with van der Waals surface area (Å²) in [6, 6.07) is 0. The summed E-state index contributed by atoms with van der Waals surface area (Å²) in [4.78, 5) is 0. The summed E-state index contributed by atoms with van der Waals surface area (Å²) < 4.78 is 0. The van der Waals surface area contributed by atoms with Gasteiger partial charge in [0.15, 0.2) is 0 Å². The van der Waals surface area contributed by atoms with Gasteiger partial charge < -0.3 is 0 Å². The van der Waals surface area contributed by atoms with Crippen LogP contribution in [-0.4, -0.2) is 10.8 Å². The monoisotopic (exact) mass is 118 g/mol. The zero-order chi connectivity index (χ0) is 2.71. The van der Waals surface area contributed by atoms with Gasteiger partial charge in [-0.25, -0.2) is 0 Å². The van der Waals surface area contributed by atoms with Crippen molar-refractivity contribution in [3.05, 3.63) is 0 Å². The van der Waals surface area contributed by atoms with E-state index in [0.29, 0.717) is 0 Å². The first-order chi connectivity index (χ1) is 1.41. The molecule has 0 aliphatic heterocycles. The molecule has 4 heteroatoms.